The van der Waals surface area contributed by atoms with E-state index in [9.17, 15) is 5.11 Å². The largest absolute Gasteiger partial charge is 0.392 e. The van der Waals surface area contributed by atoms with E-state index in [1.807, 2.05) is 7.05 Å². The Balaban J connectivity index is 3.22. The SMILES string of the molecule is CN[C@@H](COCCCCCOC)C(C)O. The predicted octanol–water partition coefficient (Wildman–Crippen LogP) is 0.788. The average molecular weight is 219 g/mol. The molecule has 0 bridgehead atoms. The number of hydrogen-bond donors (Lipinski definition) is 2. The molecule has 4 heteroatoms. The summed E-state index contributed by atoms with van der Waals surface area (Å²) < 4.78 is 10.4. The number of likely N-dealkylation sites (N-methyl/N-ethyl adjacent to an activating group) is 1. The summed E-state index contributed by atoms with van der Waals surface area (Å²) in [4.78, 5) is 0. The first-order valence-corrected chi connectivity index (χ1v) is 5.64. The standard InChI is InChI=1S/C11H25NO3/c1-10(13)11(12-2)9-15-8-6-4-5-7-14-3/h10-13H,4-9H2,1-3H3/t10?,11-/m0/s1. The number of methoxy groups -OCH3 is 1. The van der Waals surface area contributed by atoms with Crippen LogP contribution in [0.4, 0.5) is 0 Å². The summed E-state index contributed by atoms with van der Waals surface area (Å²) in [6.07, 6.45) is 2.90. The number of aliphatic hydroxyl groups excluding tert-OH is 1. The van der Waals surface area contributed by atoms with Crippen LogP contribution in [-0.2, 0) is 9.47 Å². The number of hydrogen-bond acceptors (Lipinski definition) is 4. The molecule has 0 aromatic carbocycles. The van der Waals surface area contributed by atoms with Gasteiger partial charge in [-0.2, -0.15) is 0 Å². The third-order valence-corrected chi connectivity index (χ3v) is 2.39. The van der Waals surface area contributed by atoms with E-state index in [4.69, 9.17) is 9.47 Å². The second kappa shape index (κ2) is 10.4. The Morgan fingerprint density at radius 2 is 1.87 bits per heavy atom. The van der Waals surface area contributed by atoms with Gasteiger partial charge >= 0.3 is 0 Å². The van der Waals surface area contributed by atoms with Crippen LogP contribution in [0.25, 0.3) is 0 Å². The maximum Gasteiger partial charge on any atom is 0.0687 e. The summed E-state index contributed by atoms with van der Waals surface area (Å²) >= 11 is 0. The summed E-state index contributed by atoms with van der Waals surface area (Å²) in [7, 11) is 3.55. The molecule has 0 aromatic heterocycles. The zero-order valence-corrected chi connectivity index (χ0v) is 10.2. The van der Waals surface area contributed by atoms with E-state index < -0.39 is 0 Å². The lowest BCUT2D eigenvalue weighted by molar-refractivity contribution is 0.0568. The number of ether oxygens (including phenoxy) is 2. The monoisotopic (exact) mass is 219 g/mol. The zero-order chi connectivity index (χ0) is 11.5. The van der Waals surface area contributed by atoms with Crippen LogP contribution in [0.2, 0.25) is 0 Å². The highest BCUT2D eigenvalue weighted by molar-refractivity contribution is 4.69. The first kappa shape index (κ1) is 14.8. The molecule has 0 saturated carbocycles. The zero-order valence-electron chi connectivity index (χ0n) is 10.2. The van der Waals surface area contributed by atoms with Crippen LogP contribution in [0.5, 0.6) is 0 Å². The molecular formula is C11H25NO3. The minimum absolute atomic E-state index is 0.0315. The van der Waals surface area contributed by atoms with Gasteiger partial charge in [-0.25, -0.2) is 0 Å². The van der Waals surface area contributed by atoms with Crippen LogP contribution in [0.15, 0.2) is 0 Å². The van der Waals surface area contributed by atoms with Crippen LogP contribution in [-0.4, -0.2) is 51.2 Å². The van der Waals surface area contributed by atoms with Crippen molar-refractivity contribution in [3.05, 3.63) is 0 Å². The summed E-state index contributed by atoms with van der Waals surface area (Å²) in [6.45, 7) is 3.92. The Morgan fingerprint density at radius 1 is 1.20 bits per heavy atom. The molecule has 0 aliphatic heterocycles. The summed E-state index contributed by atoms with van der Waals surface area (Å²) in [5.74, 6) is 0. The molecule has 92 valence electrons. The van der Waals surface area contributed by atoms with Gasteiger partial charge in [0.1, 0.15) is 0 Å². The minimum Gasteiger partial charge on any atom is -0.392 e. The molecule has 0 aromatic rings. The maximum atomic E-state index is 9.33. The predicted molar refractivity (Wildman–Crippen MR) is 61.1 cm³/mol. The molecule has 2 atom stereocenters. The Morgan fingerprint density at radius 3 is 2.40 bits per heavy atom. The van der Waals surface area contributed by atoms with Crippen molar-refractivity contribution in [3.8, 4) is 0 Å². The molecule has 0 radical (unpaired) electrons. The smallest absolute Gasteiger partial charge is 0.0687 e. The van der Waals surface area contributed by atoms with Crippen molar-refractivity contribution in [2.75, 3.05) is 34.0 Å². The summed E-state index contributed by atoms with van der Waals surface area (Å²) in [6, 6.07) is 0.0315. The van der Waals surface area contributed by atoms with Gasteiger partial charge in [0.05, 0.1) is 18.8 Å². The van der Waals surface area contributed by atoms with Crippen molar-refractivity contribution in [1.82, 2.24) is 5.32 Å². The lowest BCUT2D eigenvalue weighted by Crippen LogP contribution is -2.39. The molecule has 4 nitrogen and oxygen atoms in total. The molecule has 2 N–H and O–H groups in total. The molecule has 15 heavy (non-hydrogen) atoms. The van der Waals surface area contributed by atoms with Crippen LogP contribution in [0.1, 0.15) is 26.2 Å². The molecule has 0 aliphatic carbocycles. The molecule has 1 unspecified atom stereocenters. The fraction of sp³-hybridized carbons (Fsp3) is 1.00. The van der Waals surface area contributed by atoms with Gasteiger partial charge in [0.2, 0.25) is 0 Å². The van der Waals surface area contributed by atoms with Crippen LogP contribution < -0.4 is 5.32 Å². The summed E-state index contributed by atoms with van der Waals surface area (Å²) in [5, 5.41) is 12.3. The van der Waals surface area contributed by atoms with E-state index in [1.165, 1.54) is 0 Å². The average Bonchev–Trinajstić information content (AvgIpc) is 2.21. The molecule has 0 fully saturated rings. The molecule has 0 aliphatic rings. The fourth-order valence-electron chi connectivity index (χ4n) is 1.30. The Hall–Kier alpha value is -0.160. The second-order valence-electron chi connectivity index (χ2n) is 3.76. The van der Waals surface area contributed by atoms with E-state index in [1.54, 1.807) is 14.0 Å². The number of nitrogens with one attached hydrogen (secondary N) is 1. The van der Waals surface area contributed by atoms with E-state index in [2.05, 4.69) is 5.32 Å². The normalized spacial score (nSPS) is 15.2. The van der Waals surface area contributed by atoms with Crippen LogP contribution >= 0.6 is 0 Å². The van der Waals surface area contributed by atoms with E-state index >= 15 is 0 Å². The topological polar surface area (TPSA) is 50.7 Å². The molecular weight excluding hydrogens is 194 g/mol. The highest BCUT2D eigenvalue weighted by Gasteiger charge is 2.11. The van der Waals surface area contributed by atoms with Crippen molar-refractivity contribution in [2.24, 2.45) is 0 Å². The van der Waals surface area contributed by atoms with E-state index in [-0.39, 0.29) is 12.1 Å². The van der Waals surface area contributed by atoms with Crippen molar-refractivity contribution >= 4 is 0 Å². The lowest BCUT2D eigenvalue weighted by atomic mass is 10.2. The van der Waals surface area contributed by atoms with Crippen LogP contribution in [0, 0.1) is 0 Å². The minimum atomic E-state index is -0.372. The van der Waals surface area contributed by atoms with Crippen molar-refractivity contribution < 1.29 is 14.6 Å². The highest BCUT2D eigenvalue weighted by atomic mass is 16.5. The van der Waals surface area contributed by atoms with Crippen LogP contribution in [0.3, 0.4) is 0 Å². The molecule has 0 amide bonds. The lowest BCUT2D eigenvalue weighted by Gasteiger charge is -2.18. The van der Waals surface area contributed by atoms with Gasteiger partial charge in [0.15, 0.2) is 0 Å². The quantitative estimate of drug-likeness (QED) is 0.533. The van der Waals surface area contributed by atoms with Gasteiger partial charge < -0.3 is 19.9 Å². The molecule has 0 heterocycles. The Labute approximate surface area is 93.0 Å². The highest BCUT2D eigenvalue weighted by Crippen LogP contribution is 1.98. The fourth-order valence-corrected chi connectivity index (χ4v) is 1.30. The first-order valence-electron chi connectivity index (χ1n) is 5.64. The summed E-state index contributed by atoms with van der Waals surface area (Å²) in [5.41, 5.74) is 0. The molecule has 0 saturated heterocycles. The second-order valence-corrected chi connectivity index (χ2v) is 3.76. The van der Waals surface area contributed by atoms with E-state index in [0.717, 1.165) is 32.5 Å². The van der Waals surface area contributed by atoms with E-state index in [0.29, 0.717) is 6.61 Å². The van der Waals surface area contributed by atoms with Crippen molar-refractivity contribution in [3.63, 3.8) is 0 Å². The number of rotatable bonds is 10. The van der Waals surface area contributed by atoms with Crippen molar-refractivity contribution in [1.29, 1.82) is 0 Å². The van der Waals surface area contributed by atoms with Gasteiger partial charge in [-0.1, -0.05) is 0 Å². The van der Waals surface area contributed by atoms with Gasteiger partial charge in [-0.3, -0.25) is 0 Å². The Bertz CT molecular complexity index is 131. The van der Waals surface area contributed by atoms with Gasteiger partial charge in [0, 0.05) is 20.3 Å². The van der Waals surface area contributed by atoms with Crippen molar-refractivity contribution in [2.45, 2.75) is 38.3 Å². The third kappa shape index (κ3) is 8.81. The number of aliphatic hydroxyl groups is 1. The van der Waals surface area contributed by atoms with Gasteiger partial charge in [-0.15, -0.1) is 0 Å². The van der Waals surface area contributed by atoms with Gasteiger partial charge in [-0.05, 0) is 33.2 Å². The third-order valence-electron chi connectivity index (χ3n) is 2.39. The molecule has 0 spiro atoms. The maximum absolute atomic E-state index is 9.33. The van der Waals surface area contributed by atoms with Gasteiger partial charge in [0.25, 0.3) is 0 Å². The molecule has 0 rings (SSSR count). The number of unbranched alkanes of at least 4 members (excludes halogenated alkanes) is 2. The first-order chi connectivity index (χ1) is 7.22. The Kier molecular flexibility index (Phi) is 10.3.